The topological polar surface area (TPSA) is 35.8 Å². The molecule has 0 spiro atoms. The van der Waals surface area contributed by atoms with Crippen LogP contribution in [-0.4, -0.2) is 6.54 Å². The van der Waals surface area contributed by atoms with Crippen molar-refractivity contribution in [3.63, 3.8) is 0 Å². The van der Waals surface area contributed by atoms with Gasteiger partial charge in [0.25, 0.3) is 0 Å². The van der Waals surface area contributed by atoms with E-state index < -0.39 is 0 Å². The lowest BCUT2D eigenvalue weighted by molar-refractivity contribution is 0.572. The molecule has 0 aliphatic rings. The van der Waals surface area contributed by atoms with Gasteiger partial charge in [-0.3, -0.25) is 0 Å². The average molecular weight is 270 g/mol. The number of thiophene rings is 1. The Morgan fingerprint density at radius 2 is 2.05 bits per heavy atom. The Morgan fingerprint density at radius 3 is 2.74 bits per heavy atom. The standard InChI is InChI=1S/C16H18N2S/c1-3-10-18-12(2)14-6-4-5-7-15(14)16-9-8-13(11-17)19-16/h4-9,12,18H,3,10H2,1-2H3. The molecule has 1 aromatic carbocycles. The maximum absolute atomic E-state index is 8.94. The van der Waals surface area contributed by atoms with Gasteiger partial charge in [0, 0.05) is 10.9 Å². The smallest absolute Gasteiger partial charge is 0.110 e. The molecule has 0 amide bonds. The van der Waals surface area contributed by atoms with Crippen molar-refractivity contribution in [1.82, 2.24) is 5.32 Å². The van der Waals surface area contributed by atoms with Crippen LogP contribution < -0.4 is 5.32 Å². The molecular formula is C16H18N2S. The van der Waals surface area contributed by atoms with Crippen LogP contribution in [0, 0.1) is 11.3 Å². The van der Waals surface area contributed by atoms with E-state index >= 15 is 0 Å². The Kier molecular flexibility index (Phi) is 4.73. The molecular weight excluding hydrogens is 252 g/mol. The Bertz CT molecular complexity index is 580. The third-order valence-corrected chi connectivity index (χ3v) is 4.13. The van der Waals surface area contributed by atoms with E-state index in [-0.39, 0.29) is 0 Å². The lowest BCUT2D eigenvalue weighted by Gasteiger charge is -2.17. The molecule has 2 nitrogen and oxygen atoms in total. The second-order valence-corrected chi connectivity index (χ2v) is 5.62. The van der Waals surface area contributed by atoms with Crippen LogP contribution in [0.2, 0.25) is 0 Å². The summed E-state index contributed by atoms with van der Waals surface area (Å²) in [6.07, 6.45) is 1.13. The largest absolute Gasteiger partial charge is 0.310 e. The zero-order valence-corrected chi connectivity index (χ0v) is 12.1. The fraction of sp³-hybridized carbons (Fsp3) is 0.312. The molecule has 0 fully saturated rings. The van der Waals surface area contributed by atoms with Crippen LogP contribution in [0.5, 0.6) is 0 Å². The van der Waals surface area contributed by atoms with Crippen molar-refractivity contribution in [2.75, 3.05) is 6.54 Å². The highest BCUT2D eigenvalue weighted by molar-refractivity contribution is 7.16. The fourth-order valence-electron chi connectivity index (χ4n) is 2.11. The minimum absolute atomic E-state index is 0.323. The predicted octanol–water partition coefficient (Wildman–Crippen LogP) is 4.35. The van der Waals surface area contributed by atoms with Crippen molar-refractivity contribution in [1.29, 1.82) is 5.26 Å². The summed E-state index contributed by atoms with van der Waals surface area (Å²) in [4.78, 5) is 1.93. The van der Waals surface area contributed by atoms with E-state index in [1.165, 1.54) is 11.1 Å². The molecule has 1 aromatic heterocycles. The minimum Gasteiger partial charge on any atom is -0.310 e. The van der Waals surface area contributed by atoms with Crippen LogP contribution in [0.1, 0.15) is 36.8 Å². The first-order chi connectivity index (χ1) is 9.26. The van der Waals surface area contributed by atoms with Gasteiger partial charge in [0.15, 0.2) is 0 Å². The van der Waals surface area contributed by atoms with E-state index in [9.17, 15) is 0 Å². The van der Waals surface area contributed by atoms with Crippen molar-refractivity contribution in [2.45, 2.75) is 26.3 Å². The van der Waals surface area contributed by atoms with Gasteiger partial charge in [-0.15, -0.1) is 11.3 Å². The minimum atomic E-state index is 0.323. The maximum Gasteiger partial charge on any atom is 0.110 e. The number of hydrogen-bond donors (Lipinski definition) is 1. The second-order valence-electron chi connectivity index (χ2n) is 4.54. The first-order valence-electron chi connectivity index (χ1n) is 6.59. The van der Waals surface area contributed by atoms with Gasteiger partial charge in [0.1, 0.15) is 10.9 Å². The van der Waals surface area contributed by atoms with Gasteiger partial charge < -0.3 is 5.32 Å². The number of nitrogens with zero attached hydrogens (tertiary/aromatic N) is 1. The molecule has 2 rings (SSSR count). The van der Waals surface area contributed by atoms with E-state index in [2.05, 4.69) is 49.5 Å². The zero-order chi connectivity index (χ0) is 13.7. The summed E-state index contributed by atoms with van der Waals surface area (Å²) >= 11 is 1.55. The van der Waals surface area contributed by atoms with E-state index in [0.29, 0.717) is 6.04 Å². The van der Waals surface area contributed by atoms with Gasteiger partial charge in [-0.1, -0.05) is 31.2 Å². The monoisotopic (exact) mass is 270 g/mol. The van der Waals surface area contributed by atoms with Crippen molar-refractivity contribution in [3.8, 4) is 16.5 Å². The zero-order valence-electron chi connectivity index (χ0n) is 11.3. The van der Waals surface area contributed by atoms with Gasteiger partial charge in [-0.05, 0) is 43.1 Å². The number of nitrogens with one attached hydrogen (secondary N) is 1. The molecule has 19 heavy (non-hydrogen) atoms. The van der Waals surface area contributed by atoms with Gasteiger partial charge in [0.05, 0.1) is 0 Å². The molecule has 1 unspecified atom stereocenters. The van der Waals surface area contributed by atoms with Crippen LogP contribution in [0.3, 0.4) is 0 Å². The van der Waals surface area contributed by atoms with Crippen molar-refractivity contribution in [3.05, 3.63) is 46.8 Å². The molecule has 0 saturated heterocycles. The molecule has 3 heteroatoms. The van der Waals surface area contributed by atoms with Crippen LogP contribution in [0.4, 0.5) is 0 Å². The number of hydrogen-bond acceptors (Lipinski definition) is 3. The molecule has 0 saturated carbocycles. The molecule has 0 aliphatic carbocycles. The quantitative estimate of drug-likeness (QED) is 0.877. The van der Waals surface area contributed by atoms with Crippen molar-refractivity contribution >= 4 is 11.3 Å². The average Bonchev–Trinajstić information content (AvgIpc) is 2.93. The molecule has 0 aliphatic heterocycles. The van der Waals surface area contributed by atoms with Crippen molar-refractivity contribution in [2.24, 2.45) is 0 Å². The van der Waals surface area contributed by atoms with E-state index in [1.807, 2.05) is 12.1 Å². The molecule has 0 radical (unpaired) electrons. The van der Waals surface area contributed by atoms with Crippen LogP contribution >= 0.6 is 11.3 Å². The molecule has 98 valence electrons. The third kappa shape index (κ3) is 3.23. The Balaban J connectivity index is 2.33. The summed E-state index contributed by atoms with van der Waals surface area (Å²) < 4.78 is 0. The highest BCUT2D eigenvalue weighted by Crippen LogP contribution is 2.33. The molecule has 2 aromatic rings. The van der Waals surface area contributed by atoms with Gasteiger partial charge in [-0.2, -0.15) is 5.26 Å². The number of nitriles is 1. The summed E-state index contributed by atoms with van der Waals surface area (Å²) in [5, 5.41) is 12.5. The first-order valence-corrected chi connectivity index (χ1v) is 7.40. The maximum atomic E-state index is 8.94. The van der Waals surface area contributed by atoms with Crippen molar-refractivity contribution < 1.29 is 0 Å². The molecule has 0 bridgehead atoms. The third-order valence-electron chi connectivity index (χ3n) is 3.11. The van der Waals surface area contributed by atoms with E-state index in [1.54, 1.807) is 11.3 Å². The summed E-state index contributed by atoms with van der Waals surface area (Å²) in [5.41, 5.74) is 2.52. The lowest BCUT2D eigenvalue weighted by atomic mass is 10.0. The highest BCUT2D eigenvalue weighted by atomic mass is 32.1. The molecule has 1 N–H and O–H groups in total. The normalized spacial score (nSPS) is 12.1. The summed E-state index contributed by atoms with van der Waals surface area (Å²) in [7, 11) is 0. The van der Waals surface area contributed by atoms with Crippen LogP contribution in [0.15, 0.2) is 36.4 Å². The lowest BCUT2D eigenvalue weighted by Crippen LogP contribution is -2.19. The van der Waals surface area contributed by atoms with Crippen LogP contribution in [0.25, 0.3) is 10.4 Å². The number of benzene rings is 1. The Hall–Kier alpha value is -1.63. The van der Waals surface area contributed by atoms with E-state index in [4.69, 9.17) is 5.26 Å². The fourth-order valence-corrected chi connectivity index (χ4v) is 2.96. The summed E-state index contributed by atoms with van der Waals surface area (Å²) in [5.74, 6) is 0. The summed E-state index contributed by atoms with van der Waals surface area (Å²) in [6, 6.07) is 14.9. The first kappa shape index (κ1) is 13.8. The molecule has 1 heterocycles. The summed E-state index contributed by atoms with van der Waals surface area (Å²) in [6.45, 7) is 5.38. The van der Waals surface area contributed by atoms with E-state index in [0.717, 1.165) is 22.7 Å². The van der Waals surface area contributed by atoms with Crippen LogP contribution in [-0.2, 0) is 0 Å². The predicted molar refractivity (Wildman–Crippen MR) is 81.2 cm³/mol. The van der Waals surface area contributed by atoms with Gasteiger partial charge in [0.2, 0.25) is 0 Å². The highest BCUT2D eigenvalue weighted by Gasteiger charge is 2.12. The molecule has 1 atom stereocenters. The Morgan fingerprint density at radius 1 is 1.26 bits per heavy atom. The Labute approximate surface area is 118 Å². The van der Waals surface area contributed by atoms with Gasteiger partial charge in [-0.25, -0.2) is 0 Å². The number of rotatable bonds is 5. The SMILES string of the molecule is CCCNC(C)c1ccccc1-c1ccc(C#N)s1. The second kappa shape index (κ2) is 6.51. The van der Waals surface area contributed by atoms with Gasteiger partial charge >= 0.3 is 0 Å².